The highest BCUT2D eigenvalue weighted by Crippen LogP contribution is 2.43. The minimum atomic E-state index is -0.503. The number of nitrogens with zero attached hydrogens (tertiary/aromatic N) is 2. The average Bonchev–Trinajstić information content (AvgIpc) is 2.93. The molecule has 2 aromatic heterocycles. The van der Waals surface area contributed by atoms with E-state index in [0.717, 1.165) is 32.1 Å². The first-order valence-corrected chi connectivity index (χ1v) is 8.01. The van der Waals surface area contributed by atoms with Crippen molar-refractivity contribution in [2.75, 3.05) is 0 Å². The molecule has 2 unspecified atom stereocenters. The van der Waals surface area contributed by atoms with Gasteiger partial charge in [0.05, 0.1) is 11.9 Å². The summed E-state index contributed by atoms with van der Waals surface area (Å²) in [5.74, 6) is 0.548. The van der Waals surface area contributed by atoms with E-state index < -0.39 is 11.2 Å². The maximum atomic E-state index is 11.9. The van der Waals surface area contributed by atoms with Gasteiger partial charge >= 0.3 is 5.69 Å². The Morgan fingerprint density at radius 1 is 1.35 bits per heavy atom. The van der Waals surface area contributed by atoms with Crippen LogP contribution < -0.4 is 11.2 Å². The monoisotopic (exact) mass is 314 g/mol. The number of H-pyrrole nitrogens is 2. The van der Waals surface area contributed by atoms with Gasteiger partial charge in [-0.3, -0.25) is 14.8 Å². The van der Waals surface area contributed by atoms with Gasteiger partial charge in [0.25, 0.3) is 5.56 Å². The molecule has 2 atom stereocenters. The van der Waals surface area contributed by atoms with Crippen LogP contribution in [0.5, 0.6) is 0 Å². The van der Waals surface area contributed by atoms with E-state index in [1.54, 1.807) is 6.33 Å². The standard InChI is InChI=1S/C17H22N4O2/c1-3-6-12-7-5-9-17(10-12,8-4-2)21-11-18-13-14(21)19-16(23)20-15(13)22/h3-4,11-12H,1-2,5-10H2,(H2,19,20,22,23). The molecule has 6 heteroatoms. The molecule has 1 fully saturated rings. The predicted molar refractivity (Wildman–Crippen MR) is 90.5 cm³/mol. The van der Waals surface area contributed by atoms with Crippen molar-refractivity contribution in [3.8, 4) is 0 Å². The SMILES string of the molecule is C=CCC1CCCC(CC=C)(n2cnc3c(=O)[nH]c(=O)[nH]c32)C1. The zero-order valence-electron chi connectivity index (χ0n) is 13.2. The molecule has 0 aromatic carbocycles. The Labute approximate surface area is 134 Å². The molecule has 0 saturated heterocycles. The summed E-state index contributed by atoms with van der Waals surface area (Å²) in [6.07, 6.45) is 11.5. The average molecular weight is 314 g/mol. The van der Waals surface area contributed by atoms with Crippen LogP contribution >= 0.6 is 0 Å². The van der Waals surface area contributed by atoms with Gasteiger partial charge in [-0.1, -0.05) is 18.6 Å². The van der Waals surface area contributed by atoms with E-state index in [9.17, 15) is 9.59 Å². The van der Waals surface area contributed by atoms with Crippen LogP contribution in [0.3, 0.4) is 0 Å². The molecule has 0 bridgehead atoms. The van der Waals surface area contributed by atoms with Crippen LogP contribution in [0.25, 0.3) is 11.2 Å². The zero-order chi connectivity index (χ0) is 16.4. The van der Waals surface area contributed by atoms with Crippen molar-refractivity contribution in [3.63, 3.8) is 0 Å². The van der Waals surface area contributed by atoms with Crippen LogP contribution in [-0.4, -0.2) is 19.5 Å². The normalized spacial score (nSPS) is 24.6. The summed E-state index contributed by atoms with van der Waals surface area (Å²) in [4.78, 5) is 32.8. The van der Waals surface area contributed by atoms with Crippen molar-refractivity contribution in [3.05, 3.63) is 52.5 Å². The Bertz CT molecular complexity index is 844. The number of imidazole rings is 1. The van der Waals surface area contributed by atoms with Gasteiger partial charge in [-0.05, 0) is 38.0 Å². The fourth-order valence-corrected chi connectivity index (χ4v) is 3.96. The highest BCUT2D eigenvalue weighted by molar-refractivity contribution is 5.69. The van der Waals surface area contributed by atoms with Crippen LogP contribution in [0.1, 0.15) is 38.5 Å². The number of nitrogens with one attached hydrogen (secondary N) is 2. The van der Waals surface area contributed by atoms with Crippen molar-refractivity contribution < 1.29 is 0 Å². The Morgan fingerprint density at radius 2 is 2.17 bits per heavy atom. The first-order chi connectivity index (χ1) is 11.1. The maximum absolute atomic E-state index is 11.9. The molecule has 6 nitrogen and oxygen atoms in total. The lowest BCUT2D eigenvalue weighted by molar-refractivity contribution is 0.151. The van der Waals surface area contributed by atoms with Gasteiger partial charge in [0, 0.05) is 0 Å². The number of aromatic nitrogens is 4. The highest BCUT2D eigenvalue weighted by atomic mass is 16.2. The van der Waals surface area contributed by atoms with Gasteiger partial charge in [-0.25, -0.2) is 9.78 Å². The van der Waals surface area contributed by atoms with E-state index in [0.29, 0.717) is 11.6 Å². The molecule has 0 spiro atoms. The minimum absolute atomic E-state index is 0.195. The predicted octanol–water partition coefficient (Wildman–Crippen LogP) is 2.45. The third-order valence-electron chi connectivity index (χ3n) is 4.90. The Balaban J connectivity index is 2.15. The first-order valence-electron chi connectivity index (χ1n) is 8.01. The molecular weight excluding hydrogens is 292 g/mol. The topological polar surface area (TPSA) is 83.5 Å². The third-order valence-corrected chi connectivity index (χ3v) is 4.90. The minimum Gasteiger partial charge on any atom is -0.310 e. The largest absolute Gasteiger partial charge is 0.327 e. The van der Waals surface area contributed by atoms with Crippen molar-refractivity contribution in [2.24, 2.45) is 5.92 Å². The van der Waals surface area contributed by atoms with E-state index in [1.807, 2.05) is 16.7 Å². The summed E-state index contributed by atoms with van der Waals surface area (Å²) in [6, 6.07) is 0. The number of rotatable bonds is 5. The third kappa shape index (κ3) is 2.69. The van der Waals surface area contributed by atoms with E-state index in [-0.39, 0.29) is 11.1 Å². The Morgan fingerprint density at radius 3 is 2.91 bits per heavy atom. The Hall–Kier alpha value is -2.37. The van der Waals surface area contributed by atoms with Crippen molar-refractivity contribution >= 4 is 11.2 Å². The number of allylic oxidation sites excluding steroid dienone is 2. The van der Waals surface area contributed by atoms with Crippen LogP contribution in [0.2, 0.25) is 0 Å². The molecule has 2 heterocycles. The molecule has 0 radical (unpaired) electrons. The van der Waals surface area contributed by atoms with Gasteiger partial charge in [-0.15, -0.1) is 13.2 Å². The number of hydrogen-bond donors (Lipinski definition) is 2. The molecule has 2 aromatic rings. The second-order valence-corrected chi connectivity index (χ2v) is 6.42. The van der Waals surface area contributed by atoms with Crippen LogP contribution in [0, 0.1) is 5.92 Å². The molecule has 1 aliphatic carbocycles. The fourth-order valence-electron chi connectivity index (χ4n) is 3.96. The van der Waals surface area contributed by atoms with Crippen LogP contribution in [0.4, 0.5) is 0 Å². The van der Waals surface area contributed by atoms with Gasteiger partial charge in [0.1, 0.15) is 5.65 Å². The molecule has 0 amide bonds. The maximum Gasteiger partial charge on any atom is 0.327 e. The molecule has 2 N–H and O–H groups in total. The van der Waals surface area contributed by atoms with Gasteiger partial charge < -0.3 is 4.57 Å². The molecule has 23 heavy (non-hydrogen) atoms. The lowest BCUT2D eigenvalue weighted by atomic mass is 9.72. The van der Waals surface area contributed by atoms with Gasteiger partial charge in [0.2, 0.25) is 0 Å². The smallest absolute Gasteiger partial charge is 0.310 e. The van der Waals surface area contributed by atoms with Crippen molar-refractivity contribution in [2.45, 2.75) is 44.1 Å². The summed E-state index contributed by atoms with van der Waals surface area (Å²) in [6.45, 7) is 7.75. The second-order valence-electron chi connectivity index (χ2n) is 6.42. The summed E-state index contributed by atoms with van der Waals surface area (Å²) in [5, 5.41) is 0. The van der Waals surface area contributed by atoms with Crippen LogP contribution in [0.15, 0.2) is 41.2 Å². The molecule has 1 aliphatic rings. The second kappa shape index (κ2) is 6.02. The van der Waals surface area contributed by atoms with E-state index in [4.69, 9.17) is 0 Å². The summed E-state index contributed by atoms with van der Waals surface area (Å²) in [7, 11) is 0. The van der Waals surface area contributed by atoms with Gasteiger partial charge in [-0.2, -0.15) is 0 Å². The quantitative estimate of drug-likeness (QED) is 0.831. The lowest BCUT2D eigenvalue weighted by Gasteiger charge is -2.41. The van der Waals surface area contributed by atoms with Crippen molar-refractivity contribution in [1.29, 1.82) is 0 Å². The van der Waals surface area contributed by atoms with E-state index in [1.165, 1.54) is 6.42 Å². The Kier molecular flexibility index (Phi) is 4.07. The molecule has 0 aliphatic heterocycles. The molecule has 122 valence electrons. The van der Waals surface area contributed by atoms with Gasteiger partial charge in [0.15, 0.2) is 5.52 Å². The number of fused-ring (bicyclic) bond motifs is 1. The molecule has 1 saturated carbocycles. The van der Waals surface area contributed by atoms with E-state index in [2.05, 4.69) is 28.1 Å². The summed E-state index contributed by atoms with van der Waals surface area (Å²) >= 11 is 0. The lowest BCUT2D eigenvalue weighted by Crippen LogP contribution is -2.39. The highest BCUT2D eigenvalue weighted by Gasteiger charge is 2.37. The first kappa shape index (κ1) is 15.5. The summed E-state index contributed by atoms with van der Waals surface area (Å²) < 4.78 is 1.98. The fraction of sp³-hybridized carbons (Fsp3) is 0.471. The van der Waals surface area contributed by atoms with Crippen molar-refractivity contribution in [1.82, 2.24) is 19.5 Å². The molecular formula is C17H22N4O2. The summed E-state index contributed by atoms with van der Waals surface area (Å²) in [5.41, 5.74) is -0.371. The number of aromatic amines is 2. The van der Waals surface area contributed by atoms with Crippen LogP contribution in [-0.2, 0) is 5.54 Å². The zero-order valence-corrected chi connectivity index (χ0v) is 13.2. The molecule has 3 rings (SSSR count). The van der Waals surface area contributed by atoms with E-state index >= 15 is 0 Å². The number of hydrogen-bond acceptors (Lipinski definition) is 3.